The topological polar surface area (TPSA) is 105 Å². The molecule has 0 bridgehead atoms. The van der Waals surface area contributed by atoms with Crippen LogP contribution in [-0.4, -0.2) is 39.5 Å². The molecule has 2 N–H and O–H groups in total. The Morgan fingerprint density at radius 1 is 1.15 bits per heavy atom. The Labute approximate surface area is 156 Å². The van der Waals surface area contributed by atoms with Crippen molar-refractivity contribution in [3.8, 4) is 0 Å². The molecular weight excluding hydrogens is 375 g/mol. The maximum atomic E-state index is 14.4. The average Bonchev–Trinajstić information content (AvgIpc) is 2.67. The molecule has 1 aliphatic heterocycles. The summed E-state index contributed by atoms with van der Waals surface area (Å²) in [5, 5.41) is 13.8. The van der Waals surface area contributed by atoms with E-state index >= 15 is 0 Å². The highest BCUT2D eigenvalue weighted by molar-refractivity contribution is 7.89. The van der Waals surface area contributed by atoms with Gasteiger partial charge in [0.1, 0.15) is 5.82 Å². The van der Waals surface area contributed by atoms with Crippen LogP contribution in [0.2, 0.25) is 0 Å². The van der Waals surface area contributed by atoms with Crippen LogP contribution in [0.5, 0.6) is 0 Å². The van der Waals surface area contributed by atoms with Crippen LogP contribution in [0.1, 0.15) is 5.56 Å². The van der Waals surface area contributed by atoms with Crippen LogP contribution in [0.15, 0.2) is 47.4 Å². The van der Waals surface area contributed by atoms with Gasteiger partial charge in [-0.15, -0.1) is 0 Å². The van der Waals surface area contributed by atoms with E-state index in [0.717, 1.165) is 37.4 Å². The largest absolute Gasteiger partial charge is 0.367 e. The summed E-state index contributed by atoms with van der Waals surface area (Å²) in [7, 11) is -3.86. The Kier molecular flexibility index (Phi) is 5.68. The minimum Gasteiger partial charge on any atom is -0.367 e. The number of hydrogen-bond acceptors (Lipinski definition) is 6. The molecule has 144 valence electrons. The van der Waals surface area contributed by atoms with Crippen molar-refractivity contribution in [3.05, 3.63) is 64.0 Å². The van der Waals surface area contributed by atoms with Crippen molar-refractivity contribution in [1.29, 1.82) is 0 Å². The Morgan fingerprint density at radius 3 is 2.41 bits per heavy atom. The molecule has 27 heavy (non-hydrogen) atoms. The number of rotatable bonds is 6. The number of anilines is 1. The smallest absolute Gasteiger partial charge is 0.269 e. The first kappa shape index (κ1) is 19.2. The number of non-ortho nitro benzene ring substituents is 1. The third-order valence-corrected chi connectivity index (χ3v) is 5.71. The molecule has 0 aromatic heterocycles. The summed E-state index contributed by atoms with van der Waals surface area (Å²) in [4.78, 5) is 11.9. The molecule has 10 heteroatoms. The van der Waals surface area contributed by atoms with Gasteiger partial charge in [-0.05, 0) is 29.8 Å². The summed E-state index contributed by atoms with van der Waals surface area (Å²) in [6, 6.07) is 9.21. The van der Waals surface area contributed by atoms with Crippen molar-refractivity contribution >= 4 is 21.4 Å². The monoisotopic (exact) mass is 394 g/mol. The summed E-state index contributed by atoms with van der Waals surface area (Å²) < 4.78 is 41.4. The lowest BCUT2D eigenvalue weighted by Gasteiger charge is -2.29. The maximum Gasteiger partial charge on any atom is 0.269 e. The van der Waals surface area contributed by atoms with Crippen LogP contribution in [0.25, 0.3) is 0 Å². The fraction of sp³-hybridized carbons (Fsp3) is 0.294. The van der Waals surface area contributed by atoms with Crippen molar-refractivity contribution in [2.75, 3.05) is 31.1 Å². The molecule has 0 atom stereocenters. The van der Waals surface area contributed by atoms with Gasteiger partial charge in [0.2, 0.25) is 10.0 Å². The molecule has 0 unspecified atom stereocenters. The molecular formula is C17H19FN4O4S. The minimum atomic E-state index is -3.86. The van der Waals surface area contributed by atoms with Crippen LogP contribution in [0, 0.1) is 15.9 Å². The van der Waals surface area contributed by atoms with Gasteiger partial charge in [0.25, 0.3) is 5.69 Å². The number of halogens is 1. The lowest BCUT2D eigenvalue weighted by atomic mass is 10.1. The van der Waals surface area contributed by atoms with Gasteiger partial charge in [-0.2, -0.15) is 0 Å². The van der Waals surface area contributed by atoms with E-state index in [0.29, 0.717) is 24.3 Å². The van der Waals surface area contributed by atoms with E-state index in [1.807, 2.05) is 4.90 Å². The average molecular weight is 394 g/mol. The number of nitrogens with one attached hydrogen (secondary N) is 2. The molecule has 3 rings (SSSR count). The van der Waals surface area contributed by atoms with E-state index in [2.05, 4.69) is 10.0 Å². The van der Waals surface area contributed by atoms with Crippen LogP contribution in [0.3, 0.4) is 0 Å². The van der Waals surface area contributed by atoms with Gasteiger partial charge in [-0.1, -0.05) is 6.07 Å². The predicted molar refractivity (Wildman–Crippen MR) is 98.6 cm³/mol. The fourth-order valence-electron chi connectivity index (χ4n) is 2.83. The van der Waals surface area contributed by atoms with E-state index in [1.165, 1.54) is 6.07 Å². The number of sulfonamides is 1. The summed E-state index contributed by atoms with van der Waals surface area (Å²) in [5.74, 6) is -0.399. The van der Waals surface area contributed by atoms with Crippen LogP contribution < -0.4 is 14.9 Å². The van der Waals surface area contributed by atoms with Crippen molar-refractivity contribution in [1.82, 2.24) is 10.0 Å². The van der Waals surface area contributed by atoms with E-state index < -0.39 is 20.8 Å². The van der Waals surface area contributed by atoms with E-state index in [9.17, 15) is 22.9 Å². The quantitative estimate of drug-likeness (QED) is 0.570. The SMILES string of the molecule is O=[N+]([O-])c1ccc(S(=O)(=O)NCc2ccc(N3CCNCC3)c(F)c2)cc1. The van der Waals surface area contributed by atoms with Crippen LogP contribution in [-0.2, 0) is 16.6 Å². The highest BCUT2D eigenvalue weighted by Crippen LogP contribution is 2.21. The molecule has 0 aliphatic carbocycles. The molecule has 0 saturated carbocycles. The van der Waals surface area contributed by atoms with Gasteiger partial charge in [0.05, 0.1) is 15.5 Å². The first-order chi connectivity index (χ1) is 12.9. The molecule has 2 aromatic carbocycles. The zero-order valence-corrected chi connectivity index (χ0v) is 15.2. The number of nitrogens with zero attached hydrogens (tertiary/aromatic N) is 2. The lowest BCUT2D eigenvalue weighted by molar-refractivity contribution is -0.384. The molecule has 1 saturated heterocycles. The second-order valence-corrected chi connectivity index (χ2v) is 7.87. The van der Waals surface area contributed by atoms with Gasteiger partial charge in [0.15, 0.2) is 0 Å². The van der Waals surface area contributed by atoms with E-state index in [4.69, 9.17) is 0 Å². The summed E-state index contributed by atoms with van der Waals surface area (Å²) in [6.45, 7) is 2.91. The number of nitro groups is 1. The molecule has 1 fully saturated rings. The van der Waals surface area contributed by atoms with Gasteiger partial charge in [0, 0.05) is 44.9 Å². The number of piperazine rings is 1. The Hall–Kier alpha value is -2.56. The van der Waals surface area contributed by atoms with E-state index in [-0.39, 0.29) is 17.1 Å². The third kappa shape index (κ3) is 4.59. The van der Waals surface area contributed by atoms with Gasteiger partial charge in [-0.3, -0.25) is 10.1 Å². The first-order valence-electron chi connectivity index (χ1n) is 8.35. The molecule has 0 amide bonds. The van der Waals surface area contributed by atoms with Crippen LogP contribution >= 0.6 is 0 Å². The number of hydrogen-bond donors (Lipinski definition) is 2. The van der Waals surface area contributed by atoms with Gasteiger partial charge in [-0.25, -0.2) is 17.5 Å². The van der Waals surface area contributed by atoms with Gasteiger partial charge >= 0.3 is 0 Å². The zero-order chi connectivity index (χ0) is 19.4. The fourth-order valence-corrected chi connectivity index (χ4v) is 3.85. The van der Waals surface area contributed by atoms with Crippen LogP contribution in [0.4, 0.5) is 15.8 Å². The lowest BCUT2D eigenvalue weighted by Crippen LogP contribution is -2.43. The third-order valence-electron chi connectivity index (χ3n) is 4.29. The predicted octanol–water partition coefficient (Wildman–Crippen LogP) is 1.62. The van der Waals surface area contributed by atoms with Crippen molar-refractivity contribution < 1.29 is 17.7 Å². The summed E-state index contributed by atoms with van der Waals surface area (Å²) >= 11 is 0. The molecule has 0 radical (unpaired) electrons. The summed E-state index contributed by atoms with van der Waals surface area (Å²) in [6.07, 6.45) is 0. The minimum absolute atomic E-state index is 0.0852. The van der Waals surface area contributed by atoms with Gasteiger partial charge < -0.3 is 10.2 Å². The highest BCUT2D eigenvalue weighted by Gasteiger charge is 2.17. The molecule has 0 spiro atoms. The Morgan fingerprint density at radius 2 is 1.81 bits per heavy atom. The number of benzene rings is 2. The normalized spacial score (nSPS) is 14.9. The second-order valence-electron chi connectivity index (χ2n) is 6.10. The standard InChI is InChI=1S/C17H19FN4O4S/c18-16-11-13(1-6-17(16)21-9-7-19-8-10-21)12-20-27(25,26)15-4-2-14(3-5-15)22(23)24/h1-6,11,19-20H,7-10,12H2. The van der Waals surface area contributed by atoms with E-state index in [1.54, 1.807) is 12.1 Å². The highest BCUT2D eigenvalue weighted by atomic mass is 32.2. The maximum absolute atomic E-state index is 14.4. The van der Waals surface area contributed by atoms with Crippen molar-refractivity contribution in [2.24, 2.45) is 0 Å². The first-order valence-corrected chi connectivity index (χ1v) is 9.83. The molecule has 1 heterocycles. The Balaban J connectivity index is 1.68. The molecule has 1 aliphatic rings. The summed E-state index contributed by atoms with van der Waals surface area (Å²) in [5.41, 5.74) is 0.787. The second kappa shape index (κ2) is 7.99. The zero-order valence-electron chi connectivity index (χ0n) is 14.4. The van der Waals surface area contributed by atoms with Crippen molar-refractivity contribution in [2.45, 2.75) is 11.4 Å². The molecule has 8 nitrogen and oxygen atoms in total. The number of nitro benzene ring substituents is 1. The molecule has 2 aromatic rings. The van der Waals surface area contributed by atoms with Crippen molar-refractivity contribution in [3.63, 3.8) is 0 Å². The Bertz CT molecular complexity index is 928.